The van der Waals surface area contributed by atoms with Crippen molar-refractivity contribution in [2.24, 2.45) is 11.8 Å². The van der Waals surface area contributed by atoms with Crippen LogP contribution in [-0.2, 0) is 5.41 Å². The zero-order valence-corrected chi connectivity index (χ0v) is 13.2. The molecule has 1 aliphatic rings. The van der Waals surface area contributed by atoms with Crippen molar-refractivity contribution in [1.29, 1.82) is 0 Å². The highest BCUT2D eigenvalue weighted by molar-refractivity contribution is 5.27. The van der Waals surface area contributed by atoms with Gasteiger partial charge in [-0.15, -0.1) is 0 Å². The van der Waals surface area contributed by atoms with Crippen LogP contribution >= 0.6 is 0 Å². The highest BCUT2D eigenvalue weighted by Crippen LogP contribution is 2.43. The summed E-state index contributed by atoms with van der Waals surface area (Å²) in [6, 6.07) is 7.77. The van der Waals surface area contributed by atoms with Crippen LogP contribution in [0.2, 0.25) is 0 Å². The predicted molar refractivity (Wildman–Crippen MR) is 83.4 cm³/mol. The van der Waals surface area contributed by atoms with E-state index in [4.69, 9.17) is 0 Å². The van der Waals surface area contributed by atoms with Gasteiger partial charge in [0, 0.05) is 6.04 Å². The van der Waals surface area contributed by atoms with Crippen LogP contribution in [0.5, 0.6) is 0 Å². The number of rotatable bonds is 4. The summed E-state index contributed by atoms with van der Waals surface area (Å²) in [6.45, 7) is 9.89. The van der Waals surface area contributed by atoms with Crippen molar-refractivity contribution in [3.05, 3.63) is 35.6 Å². The Morgan fingerprint density at radius 3 is 2.60 bits per heavy atom. The number of hydrogen-bond acceptors (Lipinski definition) is 1. The molecule has 1 aromatic carbocycles. The summed E-state index contributed by atoms with van der Waals surface area (Å²) in [6.07, 6.45) is 3.64. The Labute approximate surface area is 123 Å². The van der Waals surface area contributed by atoms with E-state index >= 15 is 0 Å². The minimum Gasteiger partial charge on any atom is -0.314 e. The van der Waals surface area contributed by atoms with Gasteiger partial charge in [0.15, 0.2) is 0 Å². The molecule has 0 radical (unpaired) electrons. The molecule has 0 amide bonds. The van der Waals surface area contributed by atoms with Crippen LogP contribution < -0.4 is 5.32 Å². The van der Waals surface area contributed by atoms with Crippen LogP contribution in [-0.4, -0.2) is 12.6 Å². The molecule has 0 spiro atoms. The fourth-order valence-corrected chi connectivity index (χ4v) is 3.92. The molecule has 1 aliphatic carbocycles. The van der Waals surface area contributed by atoms with Gasteiger partial charge in [-0.3, -0.25) is 0 Å². The lowest BCUT2D eigenvalue weighted by atomic mass is 9.63. The van der Waals surface area contributed by atoms with Crippen molar-refractivity contribution in [3.63, 3.8) is 0 Å². The Bertz CT molecular complexity index is 441. The van der Waals surface area contributed by atoms with Gasteiger partial charge in [-0.25, -0.2) is 4.39 Å². The Kier molecular flexibility index (Phi) is 4.85. The lowest BCUT2D eigenvalue weighted by molar-refractivity contribution is 0.144. The van der Waals surface area contributed by atoms with Gasteiger partial charge in [-0.2, -0.15) is 0 Å². The average Bonchev–Trinajstić information content (AvgIpc) is 2.39. The molecule has 0 aromatic heterocycles. The van der Waals surface area contributed by atoms with E-state index in [1.165, 1.54) is 19.3 Å². The van der Waals surface area contributed by atoms with Crippen molar-refractivity contribution < 1.29 is 4.39 Å². The Hall–Kier alpha value is -0.890. The molecule has 2 rings (SSSR count). The van der Waals surface area contributed by atoms with E-state index in [9.17, 15) is 4.39 Å². The molecule has 1 aromatic rings. The molecule has 2 heteroatoms. The first-order chi connectivity index (χ1) is 9.46. The summed E-state index contributed by atoms with van der Waals surface area (Å²) in [5.41, 5.74) is 0.737. The Morgan fingerprint density at radius 2 is 1.95 bits per heavy atom. The maximum absolute atomic E-state index is 14.2. The molecule has 1 nitrogen and oxygen atoms in total. The van der Waals surface area contributed by atoms with Crippen LogP contribution in [0.3, 0.4) is 0 Å². The van der Waals surface area contributed by atoms with E-state index in [1.807, 2.05) is 12.1 Å². The first-order valence-corrected chi connectivity index (χ1v) is 7.95. The lowest BCUT2D eigenvalue weighted by Gasteiger charge is -2.45. The summed E-state index contributed by atoms with van der Waals surface area (Å²) in [7, 11) is 0. The lowest BCUT2D eigenvalue weighted by Crippen LogP contribution is -2.48. The molecule has 0 bridgehead atoms. The molecular formula is C18H28FN. The summed E-state index contributed by atoms with van der Waals surface area (Å²) in [5, 5.41) is 3.64. The fourth-order valence-electron chi connectivity index (χ4n) is 3.92. The van der Waals surface area contributed by atoms with E-state index in [0.717, 1.165) is 18.0 Å². The standard InChI is InChI=1S/C18H28FN/c1-5-20-17-12-13(2)10-11-15(17)18(3,4)14-8-6-7-9-16(14)19/h6-9,13,15,17,20H,5,10-12H2,1-4H3. The fraction of sp³-hybridized carbons (Fsp3) is 0.667. The maximum Gasteiger partial charge on any atom is 0.126 e. The van der Waals surface area contributed by atoms with Gasteiger partial charge in [0.1, 0.15) is 5.82 Å². The third-order valence-corrected chi connectivity index (χ3v) is 5.07. The second-order valence-corrected chi connectivity index (χ2v) is 6.89. The average molecular weight is 277 g/mol. The van der Waals surface area contributed by atoms with Crippen LogP contribution in [0, 0.1) is 17.7 Å². The van der Waals surface area contributed by atoms with Crippen LogP contribution in [0.15, 0.2) is 24.3 Å². The second kappa shape index (κ2) is 6.26. The third-order valence-electron chi connectivity index (χ3n) is 5.07. The SMILES string of the molecule is CCNC1CC(C)CCC1C(C)(C)c1ccccc1F. The monoisotopic (exact) mass is 277 g/mol. The maximum atomic E-state index is 14.2. The molecule has 3 unspecified atom stereocenters. The first-order valence-electron chi connectivity index (χ1n) is 7.95. The Balaban J connectivity index is 2.29. The molecule has 1 fully saturated rings. The summed E-state index contributed by atoms with van der Waals surface area (Å²) in [5.74, 6) is 1.20. The molecule has 3 atom stereocenters. The van der Waals surface area contributed by atoms with Gasteiger partial charge in [0.2, 0.25) is 0 Å². The molecule has 0 heterocycles. The van der Waals surface area contributed by atoms with E-state index < -0.39 is 0 Å². The van der Waals surface area contributed by atoms with Crippen LogP contribution in [0.25, 0.3) is 0 Å². The minimum absolute atomic E-state index is 0.0635. The second-order valence-electron chi connectivity index (χ2n) is 6.89. The van der Waals surface area contributed by atoms with E-state index in [1.54, 1.807) is 12.1 Å². The molecule has 112 valence electrons. The van der Waals surface area contributed by atoms with Crippen molar-refractivity contribution in [3.8, 4) is 0 Å². The summed E-state index contributed by atoms with van der Waals surface area (Å²) in [4.78, 5) is 0. The van der Waals surface area contributed by atoms with Gasteiger partial charge in [-0.05, 0) is 48.3 Å². The summed E-state index contributed by atoms with van der Waals surface area (Å²) >= 11 is 0. The minimum atomic E-state index is -0.127. The smallest absolute Gasteiger partial charge is 0.126 e. The number of nitrogens with one attached hydrogen (secondary N) is 1. The molecule has 0 aliphatic heterocycles. The predicted octanol–water partition coefficient (Wildman–Crippen LogP) is 4.52. The van der Waals surface area contributed by atoms with Crippen molar-refractivity contribution in [1.82, 2.24) is 5.32 Å². The molecular weight excluding hydrogens is 249 g/mol. The topological polar surface area (TPSA) is 12.0 Å². The van der Waals surface area contributed by atoms with Crippen LogP contribution in [0.4, 0.5) is 4.39 Å². The first kappa shape index (κ1) is 15.5. The summed E-state index contributed by atoms with van der Waals surface area (Å²) < 4.78 is 14.2. The highest BCUT2D eigenvalue weighted by Gasteiger charge is 2.40. The normalized spacial score (nSPS) is 27.6. The number of halogens is 1. The van der Waals surface area contributed by atoms with Gasteiger partial charge < -0.3 is 5.32 Å². The molecule has 20 heavy (non-hydrogen) atoms. The van der Waals surface area contributed by atoms with Gasteiger partial charge >= 0.3 is 0 Å². The molecule has 1 N–H and O–H groups in total. The Morgan fingerprint density at radius 1 is 1.25 bits per heavy atom. The van der Waals surface area contributed by atoms with Gasteiger partial charge in [0.05, 0.1) is 0 Å². The number of benzene rings is 1. The zero-order chi connectivity index (χ0) is 14.8. The number of hydrogen-bond donors (Lipinski definition) is 1. The third kappa shape index (κ3) is 3.06. The highest BCUT2D eigenvalue weighted by atomic mass is 19.1. The van der Waals surface area contributed by atoms with E-state index in [0.29, 0.717) is 12.0 Å². The molecule has 0 saturated heterocycles. The van der Waals surface area contributed by atoms with Gasteiger partial charge in [0.25, 0.3) is 0 Å². The largest absolute Gasteiger partial charge is 0.314 e. The van der Waals surface area contributed by atoms with E-state index in [2.05, 4.69) is 33.0 Å². The van der Waals surface area contributed by atoms with Crippen LogP contribution in [0.1, 0.15) is 52.5 Å². The zero-order valence-electron chi connectivity index (χ0n) is 13.2. The van der Waals surface area contributed by atoms with Gasteiger partial charge in [-0.1, -0.05) is 52.3 Å². The molecule has 1 saturated carbocycles. The van der Waals surface area contributed by atoms with Crippen molar-refractivity contribution >= 4 is 0 Å². The quantitative estimate of drug-likeness (QED) is 0.853. The van der Waals surface area contributed by atoms with Crippen molar-refractivity contribution in [2.75, 3.05) is 6.54 Å². The van der Waals surface area contributed by atoms with E-state index in [-0.39, 0.29) is 11.2 Å². The van der Waals surface area contributed by atoms with Crippen molar-refractivity contribution in [2.45, 2.75) is 58.4 Å².